The molecule has 0 amide bonds. The summed E-state index contributed by atoms with van der Waals surface area (Å²) in [7, 11) is -3.76. The average Bonchev–Trinajstić information content (AvgIpc) is 3.17. The molecule has 7 heteroatoms. The highest BCUT2D eigenvalue weighted by molar-refractivity contribution is 7.89. The maximum absolute atomic E-state index is 13.5. The first-order valence-electron chi connectivity index (χ1n) is 8.91. The van der Waals surface area contributed by atoms with Crippen LogP contribution in [0, 0.1) is 0 Å². The normalized spacial score (nSPS) is 17.3. The van der Waals surface area contributed by atoms with Crippen LogP contribution in [0.5, 0.6) is 0 Å². The topological polar surface area (TPSA) is 59.4 Å². The van der Waals surface area contributed by atoms with Crippen LogP contribution in [0.25, 0.3) is 0 Å². The van der Waals surface area contributed by atoms with Crippen LogP contribution < -0.4 is 0 Å². The van der Waals surface area contributed by atoms with Gasteiger partial charge in [0.15, 0.2) is 5.78 Å². The van der Waals surface area contributed by atoms with Crippen molar-refractivity contribution in [3.05, 3.63) is 88.7 Å². The fourth-order valence-corrected chi connectivity index (χ4v) is 5.31. The van der Waals surface area contributed by atoms with E-state index in [1.807, 2.05) is 30.5 Å². The number of rotatable bonds is 4. The third-order valence-corrected chi connectivity index (χ3v) is 7.18. The van der Waals surface area contributed by atoms with E-state index in [1.54, 1.807) is 24.3 Å². The molecule has 1 atom stereocenters. The zero-order valence-electron chi connectivity index (χ0n) is 15.2. The first-order chi connectivity index (χ1) is 13.4. The second-order valence-electron chi connectivity index (χ2n) is 6.78. The molecule has 28 heavy (non-hydrogen) atoms. The number of halogens is 1. The van der Waals surface area contributed by atoms with Crippen molar-refractivity contribution in [1.82, 2.24) is 8.87 Å². The van der Waals surface area contributed by atoms with Gasteiger partial charge in [-0.15, -0.1) is 0 Å². The summed E-state index contributed by atoms with van der Waals surface area (Å²) < 4.78 is 30.5. The fraction of sp³-hybridized carbons (Fsp3) is 0.190. The van der Waals surface area contributed by atoms with Crippen LogP contribution in [0.3, 0.4) is 0 Å². The number of hydrogen-bond donors (Lipinski definition) is 0. The number of aromatic nitrogens is 1. The van der Waals surface area contributed by atoms with E-state index in [2.05, 4.69) is 4.57 Å². The van der Waals surface area contributed by atoms with Crippen molar-refractivity contribution >= 4 is 27.4 Å². The number of fused-ring (bicyclic) bond motifs is 1. The van der Waals surface area contributed by atoms with Gasteiger partial charge in [0.1, 0.15) is 0 Å². The summed E-state index contributed by atoms with van der Waals surface area (Å²) >= 11 is 6.03. The number of carbonyl (C=O) groups excluding carboxylic acids is 1. The van der Waals surface area contributed by atoms with E-state index >= 15 is 0 Å². The van der Waals surface area contributed by atoms with Gasteiger partial charge in [-0.25, -0.2) is 8.42 Å². The Bertz CT molecular complexity index is 1120. The number of ketones is 1. The predicted molar refractivity (Wildman–Crippen MR) is 108 cm³/mol. The largest absolute Gasteiger partial charge is 0.348 e. The molecule has 2 aromatic carbocycles. The fourth-order valence-electron chi connectivity index (χ4n) is 3.60. The monoisotopic (exact) mass is 414 g/mol. The van der Waals surface area contributed by atoms with Gasteiger partial charge in [-0.1, -0.05) is 35.9 Å². The number of hydrogen-bond acceptors (Lipinski definition) is 3. The summed E-state index contributed by atoms with van der Waals surface area (Å²) in [5.74, 6) is -0.0983. The van der Waals surface area contributed by atoms with Crippen LogP contribution in [-0.2, 0) is 16.6 Å². The van der Waals surface area contributed by atoms with E-state index in [9.17, 15) is 13.2 Å². The van der Waals surface area contributed by atoms with E-state index in [1.165, 1.54) is 23.4 Å². The molecule has 0 saturated carbocycles. The summed E-state index contributed by atoms with van der Waals surface area (Å²) in [5.41, 5.74) is 2.26. The average molecular weight is 415 g/mol. The molecule has 0 radical (unpaired) electrons. The van der Waals surface area contributed by atoms with Gasteiger partial charge in [-0.2, -0.15) is 4.31 Å². The molecule has 5 nitrogen and oxygen atoms in total. The van der Waals surface area contributed by atoms with Crippen LogP contribution in [0.1, 0.15) is 34.6 Å². The summed E-state index contributed by atoms with van der Waals surface area (Å²) in [6.07, 6.45) is 1.96. The predicted octanol–water partition coefficient (Wildman–Crippen LogP) is 4.14. The molecule has 0 unspecified atom stereocenters. The quantitative estimate of drug-likeness (QED) is 0.603. The van der Waals surface area contributed by atoms with Gasteiger partial charge in [0.2, 0.25) is 10.0 Å². The molecular formula is C21H19ClN2O3S. The van der Waals surface area contributed by atoms with Gasteiger partial charge in [-0.05, 0) is 48.9 Å². The third-order valence-electron chi connectivity index (χ3n) is 5.05. The molecule has 0 saturated heterocycles. The smallest absolute Gasteiger partial charge is 0.244 e. The van der Waals surface area contributed by atoms with E-state index < -0.39 is 16.1 Å². The van der Waals surface area contributed by atoms with Crippen LogP contribution in [0.15, 0.2) is 71.8 Å². The summed E-state index contributed by atoms with van der Waals surface area (Å²) in [6, 6.07) is 16.8. The second-order valence-corrected chi connectivity index (χ2v) is 9.10. The maximum atomic E-state index is 13.5. The van der Waals surface area contributed by atoms with Gasteiger partial charge in [-0.3, -0.25) is 4.79 Å². The highest BCUT2D eigenvalue weighted by atomic mass is 35.5. The van der Waals surface area contributed by atoms with Crippen LogP contribution in [0.2, 0.25) is 5.02 Å². The molecule has 1 aromatic heterocycles. The zero-order chi connectivity index (χ0) is 19.9. The Labute approximate surface area is 169 Å². The highest BCUT2D eigenvalue weighted by Gasteiger charge is 2.37. The Hall–Kier alpha value is -2.41. The van der Waals surface area contributed by atoms with Crippen molar-refractivity contribution in [2.75, 3.05) is 6.54 Å². The van der Waals surface area contributed by atoms with Crippen molar-refractivity contribution in [1.29, 1.82) is 0 Å². The lowest BCUT2D eigenvalue weighted by Gasteiger charge is -2.36. The lowest BCUT2D eigenvalue weighted by molar-refractivity contribution is 0.101. The SMILES string of the molecule is CC(=O)c1ccc(S(=O)(=O)N2CCn3cccc3[C@@H]2c2ccc(Cl)cc2)cc1. The lowest BCUT2D eigenvalue weighted by atomic mass is 10.0. The summed E-state index contributed by atoms with van der Waals surface area (Å²) in [4.78, 5) is 11.7. The first-order valence-corrected chi connectivity index (χ1v) is 10.7. The van der Waals surface area contributed by atoms with Crippen LogP contribution >= 0.6 is 11.6 Å². The number of benzene rings is 2. The second kappa shape index (κ2) is 7.20. The van der Waals surface area contributed by atoms with Gasteiger partial charge in [0.05, 0.1) is 10.9 Å². The Morgan fingerprint density at radius 1 is 1.00 bits per heavy atom. The van der Waals surface area contributed by atoms with Gasteiger partial charge in [0.25, 0.3) is 0 Å². The highest BCUT2D eigenvalue weighted by Crippen LogP contribution is 2.36. The Morgan fingerprint density at radius 2 is 1.68 bits per heavy atom. The molecule has 2 heterocycles. The molecule has 0 spiro atoms. The van der Waals surface area contributed by atoms with Crippen LogP contribution in [0.4, 0.5) is 0 Å². The summed E-state index contributed by atoms with van der Waals surface area (Å²) in [5, 5.41) is 0.601. The maximum Gasteiger partial charge on any atom is 0.244 e. The lowest BCUT2D eigenvalue weighted by Crippen LogP contribution is -2.42. The zero-order valence-corrected chi connectivity index (χ0v) is 16.8. The van der Waals surface area contributed by atoms with E-state index in [-0.39, 0.29) is 10.7 Å². The molecule has 144 valence electrons. The van der Waals surface area contributed by atoms with Gasteiger partial charge >= 0.3 is 0 Å². The minimum Gasteiger partial charge on any atom is -0.348 e. The van der Waals surface area contributed by atoms with Gasteiger partial charge in [0, 0.05) is 35.6 Å². The molecule has 0 N–H and O–H groups in total. The first kappa shape index (κ1) is 18.9. The number of Topliss-reactive ketones (excluding diaryl/α,β-unsaturated/α-hetero) is 1. The number of sulfonamides is 1. The van der Waals surface area contributed by atoms with E-state index in [0.29, 0.717) is 23.7 Å². The van der Waals surface area contributed by atoms with Gasteiger partial charge < -0.3 is 4.57 Å². The standard InChI is InChI=1S/C21H19ClN2O3S/c1-15(25)16-6-10-19(11-7-16)28(26,27)24-14-13-23-12-2-3-20(23)21(24)17-4-8-18(22)9-5-17/h2-12,21H,13-14H2,1H3/t21-/m0/s1. The van der Waals surface area contributed by atoms with Crippen molar-refractivity contribution in [3.63, 3.8) is 0 Å². The van der Waals surface area contributed by atoms with Crippen molar-refractivity contribution in [3.8, 4) is 0 Å². The molecule has 4 rings (SSSR count). The van der Waals surface area contributed by atoms with Crippen LogP contribution in [-0.4, -0.2) is 29.6 Å². The minimum atomic E-state index is -3.76. The van der Waals surface area contributed by atoms with E-state index in [4.69, 9.17) is 11.6 Å². The van der Waals surface area contributed by atoms with Crippen molar-refractivity contribution in [2.24, 2.45) is 0 Å². The molecule has 3 aromatic rings. The number of nitrogens with zero attached hydrogens (tertiary/aromatic N) is 2. The Kier molecular flexibility index (Phi) is 4.87. The van der Waals surface area contributed by atoms with Crippen molar-refractivity contribution < 1.29 is 13.2 Å². The summed E-state index contributed by atoms with van der Waals surface area (Å²) in [6.45, 7) is 2.39. The molecule has 1 aliphatic rings. The Balaban J connectivity index is 1.80. The Morgan fingerprint density at radius 3 is 2.32 bits per heavy atom. The molecule has 1 aliphatic heterocycles. The van der Waals surface area contributed by atoms with Crippen molar-refractivity contribution in [2.45, 2.75) is 24.4 Å². The third kappa shape index (κ3) is 3.28. The van der Waals surface area contributed by atoms with E-state index in [0.717, 1.165) is 11.3 Å². The molecular weight excluding hydrogens is 396 g/mol. The number of carbonyl (C=O) groups is 1. The molecule has 0 bridgehead atoms. The molecule has 0 fully saturated rings. The minimum absolute atomic E-state index is 0.0983. The molecule has 0 aliphatic carbocycles.